The molecule has 0 aromatic carbocycles. The Hall–Kier alpha value is 0.0900. The summed E-state index contributed by atoms with van der Waals surface area (Å²) < 4.78 is 4.69. The van der Waals surface area contributed by atoms with Gasteiger partial charge in [-0.1, -0.05) is 0 Å². The van der Waals surface area contributed by atoms with Gasteiger partial charge in [0.2, 0.25) is 0 Å². The summed E-state index contributed by atoms with van der Waals surface area (Å²) in [5, 5.41) is 36.3. The molecule has 0 spiro atoms. The molecule has 1 aliphatic rings. The first kappa shape index (κ1) is 10.2. The molecule has 6 heteroatoms. The van der Waals surface area contributed by atoms with Gasteiger partial charge in [0.15, 0.2) is 6.29 Å². The summed E-state index contributed by atoms with van der Waals surface area (Å²) in [6.45, 7) is 0. The summed E-state index contributed by atoms with van der Waals surface area (Å²) in [6, 6.07) is 0. The predicted octanol–water partition coefficient (Wildman–Crippen LogP) is -1.97. The van der Waals surface area contributed by atoms with Gasteiger partial charge in [-0.25, -0.2) is 0 Å². The summed E-state index contributed by atoms with van der Waals surface area (Å²) in [5.74, 6) is -0.0536. The first-order valence-electron chi connectivity index (χ1n) is 3.51. The number of alkyl halides is 1. The monoisotopic (exact) mass is 198 g/mol. The highest BCUT2D eigenvalue weighted by Crippen LogP contribution is 2.20. The van der Waals surface area contributed by atoms with Gasteiger partial charge in [0.1, 0.15) is 24.4 Å². The maximum Gasteiger partial charge on any atom is 0.184 e. The Bertz CT molecular complexity index is 150. The van der Waals surface area contributed by atoms with Gasteiger partial charge in [-0.15, -0.1) is 11.6 Å². The van der Waals surface area contributed by atoms with E-state index in [4.69, 9.17) is 31.7 Å². The van der Waals surface area contributed by atoms with Crippen molar-refractivity contribution >= 4 is 11.6 Å². The lowest BCUT2D eigenvalue weighted by atomic mass is 10.0. The summed E-state index contributed by atoms with van der Waals surface area (Å²) >= 11 is 5.36. The van der Waals surface area contributed by atoms with Gasteiger partial charge < -0.3 is 25.2 Å². The highest BCUT2D eigenvalue weighted by Gasteiger charge is 2.42. The smallest absolute Gasteiger partial charge is 0.184 e. The van der Waals surface area contributed by atoms with E-state index < -0.39 is 30.7 Å². The van der Waals surface area contributed by atoms with Gasteiger partial charge in [0.05, 0.1) is 5.88 Å². The Morgan fingerprint density at radius 1 is 1.00 bits per heavy atom. The van der Waals surface area contributed by atoms with Gasteiger partial charge >= 0.3 is 0 Å². The summed E-state index contributed by atoms with van der Waals surface area (Å²) in [5.41, 5.74) is 0. The van der Waals surface area contributed by atoms with Crippen LogP contribution in [0.25, 0.3) is 0 Å². The van der Waals surface area contributed by atoms with Gasteiger partial charge in [0, 0.05) is 0 Å². The van der Waals surface area contributed by atoms with E-state index >= 15 is 0 Å². The van der Waals surface area contributed by atoms with E-state index in [1.165, 1.54) is 0 Å². The van der Waals surface area contributed by atoms with Crippen molar-refractivity contribution in [3.8, 4) is 0 Å². The Kier molecular flexibility index (Phi) is 3.28. The maximum absolute atomic E-state index is 9.20. The number of hydrogen-bond acceptors (Lipinski definition) is 5. The lowest BCUT2D eigenvalue weighted by Gasteiger charge is -2.37. The van der Waals surface area contributed by atoms with Crippen LogP contribution in [0, 0.1) is 0 Å². The molecule has 1 rings (SSSR count). The maximum atomic E-state index is 9.20. The van der Waals surface area contributed by atoms with Crippen LogP contribution in [-0.2, 0) is 4.74 Å². The third kappa shape index (κ3) is 1.71. The lowest BCUT2D eigenvalue weighted by molar-refractivity contribution is -0.276. The van der Waals surface area contributed by atoms with Gasteiger partial charge in [-0.05, 0) is 0 Å². The molecule has 1 fully saturated rings. The van der Waals surface area contributed by atoms with Gasteiger partial charge in [-0.2, -0.15) is 0 Å². The second kappa shape index (κ2) is 3.87. The van der Waals surface area contributed by atoms with E-state index in [2.05, 4.69) is 0 Å². The molecular formula is C6H11ClO5. The molecule has 5 atom stereocenters. The van der Waals surface area contributed by atoms with E-state index in [0.29, 0.717) is 0 Å². The highest BCUT2D eigenvalue weighted by molar-refractivity contribution is 6.18. The molecule has 1 heterocycles. The summed E-state index contributed by atoms with van der Waals surface area (Å²) in [4.78, 5) is 0. The summed E-state index contributed by atoms with van der Waals surface area (Å²) in [7, 11) is 0. The molecule has 0 radical (unpaired) electrons. The van der Waals surface area contributed by atoms with Gasteiger partial charge in [0.25, 0.3) is 0 Å². The fraction of sp³-hybridized carbons (Fsp3) is 1.00. The average Bonchev–Trinajstić information content (AvgIpc) is 2.08. The molecule has 5 nitrogen and oxygen atoms in total. The number of hydrogen-bond donors (Lipinski definition) is 4. The zero-order chi connectivity index (χ0) is 9.30. The van der Waals surface area contributed by atoms with E-state index in [1.54, 1.807) is 0 Å². The zero-order valence-electron chi connectivity index (χ0n) is 6.17. The van der Waals surface area contributed by atoms with Crippen LogP contribution in [0.2, 0.25) is 0 Å². The number of rotatable bonds is 1. The molecule has 1 aliphatic heterocycles. The molecule has 12 heavy (non-hydrogen) atoms. The van der Waals surface area contributed by atoms with Crippen LogP contribution in [0.4, 0.5) is 0 Å². The Labute approximate surface area is 74.2 Å². The first-order chi connectivity index (χ1) is 5.57. The van der Waals surface area contributed by atoms with Crippen LogP contribution in [-0.4, -0.2) is 57.0 Å². The number of aliphatic hydroxyl groups excluding tert-OH is 4. The third-order valence-electron chi connectivity index (χ3n) is 1.84. The molecule has 0 aromatic heterocycles. The fourth-order valence-electron chi connectivity index (χ4n) is 1.06. The minimum absolute atomic E-state index is 0.0536. The standard InChI is InChI=1S/C6H11ClO5/c7-1-2-3(8)4(9)5(10)6(11)12-2/h2-6,8-11H,1H2/t2-,3-,4+,5-,6-/m1/s1. The second-order valence-corrected chi connectivity index (χ2v) is 3.00. The molecule has 0 saturated carbocycles. The van der Waals surface area contributed by atoms with Crippen LogP contribution < -0.4 is 0 Å². The largest absolute Gasteiger partial charge is 0.388 e. The topological polar surface area (TPSA) is 90.2 Å². The zero-order valence-corrected chi connectivity index (χ0v) is 6.92. The van der Waals surface area contributed by atoms with Crippen LogP contribution >= 0.6 is 11.6 Å². The minimum atomic E-state index is -1.49. The van der Waals surface area contributed by atoms with Crippen LogP contribution in [0.1, 0.15) is 0 Å². The molecule has 4 N–H and O–H groups in total. The van der Waals surface area contributed by atoms with Crippen molar-refractivity contribution in [2.24, 2.45) is 0 Å². The van der Waals surface area contributed by atoms with Crippen LogP contribution in [0.5, 0.6) is 0 Å². The van der Waals surface area contributed by atoms with Crippen molar-refractivity contribution in [2.75, 3.05) is 5.88 Å². The number of ether oxygens (including phenoxy) is 1. The fourth-order valence-corrected chi connectivity index (χ4v) is 1.31. The van der Waals surface area contributed by atoms with Crippen LogP contribution in [0.3, 0.4) is 0 Å². The van der Waals surface area contributed by atoms with Crippen molar-refractivity contribution in [3.63, 3.8) is 0 Å². The molecule has 0 amide bonds. The van der Waals surface area contributed by atoms with Crippen molar-refractivity contribution < 1.29 is 25.2 Å². The Morgan fingerprint density at radius 3 is 2.08 bits per heavy atom. The average molecular weight is 199 g/mol. The van der Waals surface area contributed by atoms with Crippen molar-refractivity contribution in [1.82, 2.24) is 0 Å². The Balaban J connectivity index is 2.63. The Morgan fingerprint density at radius 2 is 1.58 bits per heavy atom. The number of halogens is 1. The molecule has 0 aromatic rings. The predicted molar refractivity (Wildman–Crippen MR) is 39.6 cm³/mol. The molecule has 1 saturated heterocycles. The molecular weight excluding hydrogens is 188 g/mol. The van der Waals surface area contributed by atoms with Gasteiger partial charge in [-0.3, -0.25) is 0 Å². The van der Waals surface area contributed by atoms with E-state index in [9.17, 15) is 5.11 Å². The van der Waals surface area contributed by atoms with Crippen molar-refractivity contribution in [3.05, 3.63) is 0 Å². The number of aliphatic hydroxyl groups is 4. The second-order valence-electron chi connectivity index (χ2n) is 2.69. The third-order valence-corrected chi connectivity index (χ3v) is 2.14. The van der Waals surface area contributed by atoms with Crippen molar-refractivity contribution in [1.29, 1.82) is 0 Å². The SMILES string of the molecule is O[C@@H]1[C@@H](O)[C@H](O)O[C@H](CCl)[C@H]1O. The summed E-state index contributed by atoms with van der Waals surface area (Å²) in [6.07, 6.45) is -6.51. The van der Waals surface area contributed by atoms with E-state index in [-0.39, 0.29) is 5.88 Å². The normalized spacial score (nSPS) is 49.2. The van der Waals surface area contributed by atoms with Crippen LogP contribution in [0.15, 0.2) is 0 Å². The first-order valence-corrected chi connectivity index (χ1v) is 4.05. The molecule has 0 bridgehead atoms. The molecule has 0 unspecified atom stereocenters. The molecule has 0 aliphatic carbocycles. The lowest BCUT2D eigenvalue weighted by Crippen LogP contribution is -2.57. The highest BCUT2D eigenvalue weighted by atomic mass is 35.5. The van der Waals surface area contributed by atoms with E-state index in [0.717, 1.165) is 0 Å². The minimum Gasteiger partial charge on any atom is -0.388 e. The molecule has 72 valence electrons. The van der Waals surface area contributed by atoms with Crippen molar-refractivity contribution in [2.45, 2.75) is 30.7 Å². The quantitative estimate of drug-likeness (QED) is 0.367. The van der Waals surface area contributed by atoms with E-state index in [1.807, 2.05) is 0 Å².